The molecule has 2 aromatic rings. The number of hydrogen-bond donors (Lipinski definition) is 2. The highest BCUT2D eigenvalue weighted by Crippen LogP contribution is 2.13. The van der Waals surface area contributed by atoms with E-state index in [1.54, 1.807) is 19.2 Å². The predicted octanol–water partition coefficient (Wildman–Crippen LogP) is 3.65. The van der Waals surface area contributed by atoms with Gasteiger partial charge in [0.2, 0.25) is 0 Å². The standard InChI is InChI=1S/C19H25NO2/c1-15(7-8-16-9-11-19(21)12-10-16)20-13-17-5-3-4-6-18(17)14-22-2/h3-6,9-12,15,20-21H,7-8,13-14H2,1-2H3. The summed E-state index contributed by atoms with van der Waals surface area (Å²) in [6.45, 7) is 3.72. The largest absolute Gasteiger partial charge is 0.508 e. The van der Waals surface area contributed by atoms with E-state index in [1.807, 2.05) is 18.2 Å². The van der Waals surface area contributed by atoms with Gasteiger partial charge in [-0.3, -0.25) is 0 Å². The number of benzene rings is 2. The van der Waals surface area contributed by atoms with Gasteiger partial charge in [0.1, 0.15) is 5.75 Å². The van der Waals surface area contributed by atoms with Gasteiger partial charge in [-0.2, -0.15) is 0 Å². The molecule has 0 aromatic heterocycles. The zero-order valence-corrected chi connectivity index (χ0v) is 13.4. The Morgan fingerprint density at radius 3 is 2.41 bits per heavy atom. The highest BCUT2D eigenvalue weighted by molar-refractivity contribution is 5.27. The molecule has 1 atom stereocenters. The lowest BCUT2D eigenvalue weighted by atomic mass is 10.0. The number of phenolic OH excluding ortho intramolecular Hbond substituents is 1. The van der Waals surface area contributed by atoms with E-state index in [2.05, 4.69) is 30.4 Å². The van der Waals surface area contributed by atoms with E-state index in [0.29, 0.717) is 18.4 Å². The minimum Gasteiger partial charge on any atom is -0.508 e. The van der Waals surface area contributed by atoms with Crippen molar-refractivity contribution in [2.45, 2.75) is 39.0 Å². The third-order valence-electron chi connectivity index (χ3n) is 3.86. The van der Waals surface area contributed by atoms with Crippen LogP contribution in [0.4, 0.5) is 0 Å². The number of phenols is 1. The summed E-state index contributed by atoms with van der Waals surface area (Å²) in [6.07, 6.45) is 2.07. The number of methoxy groups -OCH3 is 1. The molecule has 0 aliphatic carbocycles. The van der Waals surface area contributed by atoms with E-state index in [9.17, 15) is 5.11 Å². The topological polar surface area (TPSA) is 41.5 Å². The number of nitrogens with one attached hydrogen (secondary N) is 1. The first-order valence-electron chi connectivity index (χ1n) is 7.76. The molecule has 0 bridgehead atoms. The fourth-order valence-corrected chi connectivity index (χ4v) is 2.46. The van der Waals surface area contributed by atoms with E-state index in [0.717, 1.165) is 19.4 Å². The Hall–Kier alpha value is -1.84. The number of ether oxygens (including phenoxy) is 1. The zero-order chi connectivity index (χ0) is 15.8. The highest BCUT2D eigenvalue weighted by atomic mass is 16.5. The van der Waals surface area contributed by atoms with Gasteiger partial charge in [-0.15, -0.1) is 0 Å². The van der Waals surface area contributed by atoms with Crippen LogP contribution in [-0.4, -0.2) is 18.3 Å². The molecule has 0 saturated carbocycles. The summed E-state index contributed by atoms with van der Waals surface area (Å²) < 4.78 is 5.24. The SMILES string of the molecule is COCc1ccccc1CNC(C)CCc1ccc(O)cc1. The molecule has 0 radical (unpaired) electrons. The van der Waals surface area contributed by atoms with Crippen LogP contribution in [0, 0.1) is 0 Å². The Kier molecular flexibility index (Phi) is 6.44. The van der Waals surface area contributed by atoms with E-state index in [1.165, 1.54) is 16.7 Å². The van der Waals surface area contributed by atoms with Crippen LogP contribution in [0.1, 0.15) is 30.0 Å². The average molecular weight is 299 g/mol. The first-order chi connectivity index (χ1) is 10.7. The van der Waals surface area contributed by atoms with Crippen molar-refractivity contribution in [2.24, 2.45) is 0 Å². The summed E-state index contributed by atoms with van der Waals surface area (Å²) in [5, 5.41) is 12.9. The van der Waals surface area contributed by atoms with Crippen molar-refractivity contribution in [3.63, 3.8) is 0 Å². The van der Waals surface area contributed by atoms with Crippen LogP contribution in [0.25, 0.3) is 0 Å². The van der Waals surface area contributed by atoms with Gasteiger partial charge in [0.05, 0.1) is 6.61 Å². The van der Waals surface area contributed by atoms with Crippen molar-refractivity contribution < 1.29 is 9.84 Å². The molecule has 0 spiro atoms. The van der Waals surface area contributed by atoms with Gasteiger partial charge in [0, 0.05) is 19.7 Å². The van der Waals surface area contributed by atoms with Crippen LogP contribution >= 0.6 is 0 Å². The molecule has 2 N–H and O–H groups in total. The normalized spacial score (nSPS) is 12.3. The zero-order valence-electron chi connectivity index (χ0n) is 13.4. The molecule has 2 rings (SSSR count). The van der Waals surface area contributed by atoms with Crippen LogP contribution < -0.4 is 5.32 Å². The van der Waals surface area contributed by atoms with Gasteiger partial charge in [0.25, 0.3) is 0 Å². The van der Waals surface area contributed by atoms with Crippen LogP contribution in [0.2, 0.25) is 0 Å². The van der Waals surface area contributed by atoms with E-state index in [-0.39, 0.29) is 0 Å². The third kappa shape index (κ3) is 5.17. The molecule has 3 nitrogen and oxygen atoms in total. The van der Waals surface area contributed by atoms with Crippen molar-refractivity contribution in [1.82, 2.24) is 5.32 Å². The van der Waals surface area contributed by atoms with Crippen LogP contribution in [0.3, 0.4) is 0 Å². The van der Waals surface area contributed by atoms with Crippen LogP contribution in [-0.2, 0) is 24.3 Å². The predicted molar refractivity (Wildman–Crippen MR) is 89.9 cm³/mol. The smallest absolute Gasteiger partial charge is 0.115 e. The number of aromatic hydroxyl groups is 1. The Morgan fingerprint density at radius 2 is 1.73 bits per heavy atom. The molecule has 1 unspecified atom stereocenters. The summed E-state index contributed by atoms with van der Waals surface area (Å²) in [4.78, 5) is 0. The maximum absolute atomic E-state index is 9.29. The number of hydrogen-bond acceptors (Lipinski definition) is 3. The van der Waals surface area contributed by atoms with Crippen LogP contribution in [0.15, 0.2) is 48.5 Å². The summed E-state index contributed by atoms with van der Waals surface area (Å²) in [5.41, 5.74) is 3.79. The van der Waals surface area contributed by atoms with Gasteiger partial charge >= 0.3 is 0 Å². The number of aryl methyl sites for hydroxylation is 1. The molecule has 2 aromatic carbocycles. The monoisotopic (exact) mass is 299 g/mol. The first-order valence-corrected chi connectivity index (χ1v) is 7.76. The summed E-state index contributed by atoms with van der Waals surface area (Å²) >= 11 is 0. The molecule has 3 heteroatoms. The Labute approximate surface area is 133 Å². The Bertz CT molecular complexity index is 566. The Balaban J connectivity index is 1.80. The van der Waals surface area contributed by atoms with Gasteiger partial charge in [-0.05, 0) is 48.6 Å². The van der Waals surface area contributed by atoms with Gasteiger partial charge < -0.3 is 15.2 Å². The second kappa shape index (κ2) is 8.57. The van der Waals surface area contributed by atoms with Gasteiger partial charge in [-0.1, -0.05) is 36.4 Å². The maximum atomic E-state index is 9.29. The lowest BCUT2D eigenvalue weighted by Crippen LogP contribution is -2.26. The second-order valence-electron chi connectivity index (χ2n) is 5.69. The fraction of sp³-hybridized carbons (Fsp3) is 0.368. The molecule has 118 valence electrons. The third-order valence-corrected chi connectivity index (χ3v) is 3.86. The summed E-state index contributed by atoms with van der Waals surface area (Å²) in [5.74, 6) is 0.324. The minimum atomic E-state index is 0.324. The van der Waals surface area contributed by atoms with Crippen molar-refractivity contribution in [3.05, 3.63) is 65.2 Å². The Morgan fingerprint density at radius 1 is 1.05 bits per heavy atom. The molecule has 0 fully saturated rings. The summed E-state index contributed by atoms with van der Waals surface area (Å²) in [6, 6.07) is 16.3. The van der Waals surface area contributed by atoms with E-state index >= 15 is 0 Å². The molecular weight excluding hydrogens is 274 g/mol. The molecule has 0 amide bonds. The molecule has 22 heavy (non-hydrogen) atoms. The van der Waals surface area contributed by atoms with Crippen LogP contribution in [0.5, 0.6) is 5.75 Å². The second-order valence-corrected chi connectivity index (χ2v) is 5.69. The molecule has 0 aliphatic rings. The van der Waals surface area contributed by atoms with E-state index < -0.39 is 0 Å². The van der Waals surface area contributed by atoms with Crippen molar-refractivity contribution >= 4 is 0 Å². The van der Waals surface area contributed by atoms with Crippen molar-refractivity contribution in [1.29, 1.82) is 0 Å². The highest BCUT2D eigenvalue weighted by Gasteiger charge is 2.05. The maximum Gasteiger partial charge on any atom is 0.115 e. The van der Waals surface area contributed by atoms with Gasteiger partial charge in [0.15, 0.2) is 0 Å². The molecule has 0 heterocycles. The molecular formula is C19H25NO2. The quantitative estimate of drug-likeness (QED) is 0.782. The fourth-order valence-electron chi connectivity index (χ4n) is 2.46. The van der Waals surface area contributed by atoms with Crippen molar-refractivity contribution in [2.75, 3.05) is 7.11 Å². The molecule has 0 saturated heterocycles. The molecule has 0 aliphatic heterocycles. The summed E-state index contributed by atoms with van der Waals surface area (Å²) in [7, 11) is 1.73. The minimum absolute atomic E-state index is 0.324. The van der Waals surface area contributed by atoms with Gasteiger partial charge in [-0.25, -0.2) is 0 Å². The van der Waals surface area contributed by atoms with E-state index in [4.69, 9.17) is 4.74 Å². The van der Waals surface area contributed by atoms with Crippen molar-refractivity contribution in [3.8, 4) is 5.75 Å². The first kappa shape index (κ1) is 16.5. The average Bonchev–Trinajstić information content (AvgIpc) is 2.54. The lowest BCUT2D eigenvalue weighted by Gasteiger charge is -2.16. The number of rotatable bonds is 8. The lowest BCUT2D eigenvalue weighted by molar-refractivity contribution is 0.184.